The predicted molar refractivity (Wildman–Crippen MR) is 188 cm³/mol. The van der Waals surface area contributed by atoms with E-state index in [9.17, 15) is 19.2 Å². The van der Waals surface area contributed by atoms with E-state index in [2.05, 4.69) is 17.2 Å². The maximum Gasteiger partial charge on any atom is 0.435 e. The molecule has 1 heterocycles. The van der Waals surface area contributed by atoms with Crippen LogP contribution in [0.25, 0.3) is 0 Å². The summed E-state index contributed by atoms with van der Waals surface area (Å²) in [5, 5.41) is 3.06. The van der Waals surface area contributed by atoms with E-state index >= 15 is 0 Å². The Hall–Kier alpha value is -5.33. The molecule has 1 aliphatic heterocycles. The van der Waals surface area contributed by atoms with Crippen molar-refractivity contribution in [2.45, 2.75) is 52.1 Å². The summed E-state index contributed by atoms with van der Waals surface area (Å²) < 4.78 is 10.2. The van der Waals surface area contributed by atoms with Crippen molar-refractivity contribution in [3.63, 3.8) is 0 Å². The van der Waals surface area contributed by atoms with Crippen LogP contribution >= 0.6 is 0 Å². The van der Waals surface area contributed by atoms with E-state index in [1.807, 2.05) is 36.4 Å². The summed E-state index contributed by atoms with van der Waals surface area (Å²) in [6.45, 7) is 4.50. The van der Waals surface area contributed by atoms with Crippen LogP contribution in [-0.4, -0.2) is 86.1 Å². The Morgan fingerprint density at radius 2 is 1.71 bits per heavy atom. The highest BCUT2D eigenvalue weighted by atomic mass is 16.5. The van der Waals surface area contributed by atoms with Crippen LogP contribution in [0.4, 0.5) is 21.9 Å². The third-order valence-corrected chi connectivity index (χ3v) is 7.64. The van der Waals surface area contributed by atoms with Crippen molar-refractivity contribution >= 4 is 46.8 Å². The number of hydrogen-bond acceptors (Lipinski definition) is 9. The van der Waals surface area contributed by atoms with Gasteiger partial charge in [0.1, 0.15) is 12.0 Å². The van der Waals surface area contributed by atoms with E-state index in [1.165, 1.54) is 11.0 Å². The second-order valence-corrected chi connectivity index (χ2v) is 11.2. The lowest BCUT2D eigenvalue weighted by Gasteiger charge is -2.36. The van der Waals surface area contributed by atoms with Crippen LogP contribution in [0.5, 0.6) is 0 Å². The fourth-order valence-corrected chi connectivity index (χ4v) is 4.93. The number of nitrogens with two attached hydrogens (primary N) is 2. The van der Waals surface area contributed by atoms with Gasteiger partial charge in [-0.25, -0.2) is 4.79 Å². The highest BCUT2D eigenvalue weighted by Gasteiger charge is 2.27. The van der Waals surface area contributed by atoms with Gasteiger partial charge in [-0.1, -0.05) is 32.3 Å². The van der Waals surface area contributed by atoms with Crippen molar-refractivity contribution < 1.29 is 28.7 Å². The maximum absolute atomic E-state index is 13.7. The van der Waals surface area contributed by atoms with Crippen LogP contribution in [0.15, 0.2) is 71.9 Å². The molecule has 0 aromatic heterocycles. The highest BCUT2D eigenvalue weighted by molar-refractivity contribution is 6.03. The molecule has 1 aliphatic rings. The van der Waals surface area contributed by atoms with Crippen LogP contribution in [-0.2, 0) is 19.1 Å². The molecule has 0 aliphatic carbocycles. The molecule has 0 saturated carbocycles. The molecule has 1 atom stereocenters. The molecular weight excluding hydrogens is 614 g/mol. The summed E-state index contributed by atoms with van der Waals surface area (Å²) in [4.78, 5) is 59.4. The number of allylic oxidation sites excluding steroid dienone is 2. The summed E-state index contributed by atoms with van der Waals surface area (Å²) >= 11 is 0. The largest absolute Gasteiger partial charge is 0.466 e. The Balaban J connectivity index is 1.60. The Bertz CT molecular complexity index is 1510. The number of nitrogen functional groups attached to an aromatic ring is 1. The van der Waals surface area contributed by atoms with Crippen LogP contribution < -0.4 is 21.7 Å². The SMILES string of the molecule is CCCCCCOC(=O)N=C(N)c1ccc(NCC(=O)N(C)c2ccc(C(=O)N(CCC(=O)OCC)C3C=CC=CN3C)cc2N)cc1. The second-order valence-electron chi connectivity index (χ2n) is 11.2. The minimum atomic E-state index is -0.728. The van der Waals surface area contributed by atoms with Crippen molar-refractivity contribution in [1.29, 1.82) is 0 Å². The maximum atomic E-state index is 13.7. The average molecular weight is 662 g/mol. The number of benzene rings is 2. The molecule has 0 radical (unpaired) electrons. The molecule has 3 amide bonds. The van der Waals surface area contributed by atoms with Crippen LogP contribution in [0.3, 0.4) is 0 Å². The zero-order valence-electron chi connectivity index (χ0n) is 28.2. The zero-order valence-corrected chi connectivity index (χ0v) is 28.2. The number of nitrogens with zero attached hydrogens (tertiary/aromatic N) is 4. The fourth-order valence-electron chi connectivity index (χ4n) is 4.93. The third-order valence-electron chi connectivity index (χ3n) is 7.64. The molecule has 5 N–H and O–H groups in total. The van der Waals surface area contributed by atoms with Crippen LogP contribution in [0.2, 0.25) is 0 Å². The number of ether oxygens (including phenoxy) is 2. The number of rotatable bonds is 16. The fraction of sp³-hybridized carbons (Fsp3) is 0.400. The number of amidine groups is 1. The molecule has 0 spiro atoms. The smallest absolute Gasteiger partial charge is 0.435 e. The Labute approximate surface area is 282 Å². The van der Waals surface area contributed by atoms with Gasteiger partial charge in [0.05, 0.1) is 37.6 Å². The summed E-state index contributed by atoms with van der Waals surface area (Å²) in [6, 6.07) is 11.6. The number of amides is 3. The van der Waals surface area contributed by atoms with E-state index in [4.69, 9.17) is 20.9 Å². The molecule has 13 nitrogen and oxygen atoms in total. The van der Waals surface area contributed by atoms with E-state index in [0.717, 1.165) is 25.7 Å². The number of carbonyl (C=O) groups is 4. The normalized spacial score (nSPS) is 14.0. The number of unbranched alkanes of at least 4 members (excludes halogenated alkanes) is 3. The topological polar surface area (TPSA) is 173 Å². The number of esters is 1. The lowest BCUT2D eigenvalue weighted by molar-refractivity contribution is -0.143. The van der Waals surface area contributed by atoms with Crippen LogP contribution in [0, 0.1) is 0 Å². The van der Waals surface area contributed by atoms with Gasteiger partial charge in [0, 0.05) is 43.7 Å². The first kappa shape index (κ1) is 37.1. The van der Waals surface area contributed by atoms with Crippen molar-refractivity contribution in [3.8, 4) is 0 Å². The summed E-state index contributed by atoms with van der Waals surface area (Å²) in [6.07, 6.45) is 10.3. The first-order chi connectivity index (χ1) is 23.0. The molecule has 0 saturated heterocycles. The first-order valence-electron chi connectivity index (χ1n) is 16.1. The third kappa shape index (κ3) is 10.9. The van der Waals surface area contributed by atoms with Crippen molar-refractivity contribution in [3.05, 3.63) is 78.0 Å². The number of hydrogen-bond donors (Lipinski definition) is 3. The van der Waals surface area contributed by atoms with Crippen molar-refractivity contribution in [2.24, 2.45) is 10.7 Å². The van der Waals surface area contributed by atoms with Gasteiger partial charge in [0.25, 0.3) is 5.91 Å². The molecule has 0 bridgehead atoms. The quantitative estimate of drug-likeness (QED) is 0.0764. The van der Waals surface area contributed by atoms with Gasteiger partial charge in [-0.05, 0) is 68.0 Å². The summed E-state index contributed by atoms with van der Waals surface area (Å²) in [5.41, 5.74) is 14.5. The highest BCUT2D eigenvalue weighted by Crippen LogP contribution is 2.26. The summed E-state index contributed by atoms with van der Waals surface area (Å²) in [5.74, 6) is -0.950. The lowest BCUT2D eigenvalue weighted by Crippen LogP contribution is -2.48. The van der Waals surface area contributed by atoms with E-state index in [-0.39, 0.29) is 49.5 Å². The van der Waals surface area contributed by atoms with Gasteiger partial charge in [-0.15, -0.1) is 0 Å². The standard InChI is InChI=1S/C35H47N7O6/c1-5-7-8-11-22-48-35(46)39-33(37)25-13-16-27(17-14-25)38-24-31(43)41(4)29-18-15-26(23-28(29)36)34(45)42(21-19-32(44)47-6-2)30-12-9-10-20-40(30)3/h9-10,12-18,20,23,30,38H,5-8,11,19,21-22,24,36H2,1-4H3,(H2,37,39,46). The summed E-state index contributed by atoms with van der Waals surface area (Å²) in [7, 11) is 3.44. The average Bonchev–Trinajstić information content (AvgIpc) is 3.07. The lowest BCUT2D eigenvalue weighted by atomic mass is 10.1. The van der Waals surface area contributed by atoms with Gasteiger partial charge in [0.2, 0.25) is 5.91 Å². The van der Waals surface area contributed by atoms with Crippen LogP contribution in [0.1, 0.15) is 61.9 Å². The number of likely N-dealkylation sites (N-methyl/N-ethyl adjacent to an activating group) is 2. The van der Waals surface area contributed by atoms with E-state index < -0.39 is 18.2 Å². The molecule has 0 fully saturated rings. The second kappa shape index (κ2) is 18.7. The molecule has 2 aromatic rings. The van der Waals surface area contributed by atoms with Crippen molar-refractivity contribution in [2.75, 3.05) is 56.3 Å². The number of nitrogens with one attached hydrogen (secondary N) is 1. The van der Waals surface area contributed by atoms with Gasteiger partial charge >= 0.3 is 12.1 Å². The predicted octanol–water partition coefficient (Wildman–Crippen LogP) is 4.50. The number of aliphatic imine (C=N–C) groups is 1. The van der Waals surface area contributed by atoms with E-state index in [0.29, 0.717) is 29.1 Å². The molecule has 13 heteroatoms. The van der Waals surface area contributed by atoms with E-state index in [1.54, 1.807) is 55.3 Å². The van der Waals surface area contributed by atoms with Gasteiger partial charge < -0.3 is 41.0 Å². The van der Waals surface area contributed by atoms with Gasteiger partial charge in [0.15, 0.2) is 0 Å². The Morgan fingerprint density at radius 3 is 2.38 bits per heavy atom. The molecule has 1 unspecified atom stereocenters. The molecule has 258 valence electrons. The van der Waals surface area contributed by atoms with Crippen molar-refractivity contribution in [1.82, 2.24) is 9.80 Å². The molecule has 3 rings (SSSR count). The van der Waals surface area contributed by atoms with Gasteiger partial charge in [-0.3, -0.25) is 14.4 Å². The molecular formula is C35H47N7O6. The minimum Gasteiger partial charge on any atom is -0.466 e. The number of anilines is 3. The first-order valence-corrected chi connectivity index (χ1v) is 16.1. The monoisotopic (exact) mass is 661 g/mol. The zero-order chi connectivity index (χ0) is 35.1. The number of carbonyl (C=O) groups excluding carboxylic acids is 4. The van der Waals surface area contributed by atoms with Gasteiger partial charge in [-0.2, -0.15) is 4.99 Å². The Morgan fingerprint density at radius 1 is 0.979 bits per heavy atom. The minimum absolute atomic E-state index is 0.0366. The molecule has 48 heavy (non-hydrogen) atoms. The molecule has 2 aromatic carbocycles. The Kier molecular flexibility index (Phi) is 14.5.